The highest BCUT2D eigenvalue weighted by Crippen LogP contribution is 2.38. The van der Waals surface area contributed by atoms with Crippen LogP contribution >= 0.6 is 0 Å². The maximum atomic E-state index is 12.6. The molecule has 7 heteroatoms. The van der Waals surface area contributed by atoms with Gasteiger partial charge in [0.2, 0.25) is 5.91 Å². The fourth-order valence-corrected chi connectivity index (χ4v) is 4.42. The van der Waals surface area contributed by atoms with E-state index in [2.05, 4.69) is 10.2 Å². The Morgan fingerprint density at radius 2 is 1.83 bits per heavy atom. The van der Waals surface area contributed by atoms with Crippen LogP contribution in [0.4, 0.5) is 0 Å². The molecule has 0 saturated carbocycles. The first-order chi connectivity index (χ1) is 17.6. The van der Waals surface area contributed by atoms with Crippen LogP contribution in [0.1, 0.15) is 32.8 Å². The van der Waals surface area contributed by atoms with Gasteiger partial charge in [-0.05, 0) is 63.1 Å². The number of hydrogen-bond acceptors (Lipinski definition) is 6. The number of furan rings is 1. The van der Waals surface area contributed by atoms with Crippen LogP contribution in [0.5, 0.6) is 11.5 Å². The number of nitrogens with one attached hydrogen (secondary N) is 1. The molecule has 1 fully saturated rings. The van der Waals surface area contributed by atoms with Crippen LogP contribution in [0.25, 0.3) is 27.7 Å². The van der Waals surface area contributed by atoms with Gasteiger partial charge in [0.1, 0.15) is 17.1 Å². The summed E-state index contributed by atoms with van der Waals surface area (Å²) in [5.74, 6) is 1.44. The lowest BCUT2D eigenvalue weighted by molar-refractivity contribution is -0.116. The van der Waals surface area contributed by atoms with Crippen molar-refractivity contribution in [3.63, 3.8) is 0 Å². The lowest BCUT2D eigenvalue weighted by atomic mass is 9.99. The normalized spacial score (nSPS) is 14.7. The van der Waals surface area contributed by atoms with E-state index >= 15 is 0 Å². The molecule has 0 bridgehead atoms. The van der Waals surface area contributed by atoms with Crippen molar-refractivity contribution in [3.8, 4) is 22.6 Å². The summed E-state index contributed by atoms with van der Waals surface area (Å²) in [5, 5.41) is 3.98. The van der Waals surface area contributed by atoms with Crippen LogP contribution in [0.15, 0.2) is 53.2 Å². The molecule has 1 aliphatic heterocycles. The number of carbonyl (C=O) groups excluding carboxylic acids is 1. The Morgan fingerprint density at radius 1 is 1.08 bits per heavy atom. The average molecular weight is 493 g/mol. The van der Waals surface area contributed by atoms with Crippen molar-refractivity contribution >= 4 is 22.4 Å². The minimum Gasteiger partial charge on any atom is -0.494 e. The van der Waals surface area contributed by atoms with E-state index in [1.54, 1.807) is 12.3 Å². The van der Waals surface area contributed by atoms with Crippen LogP contribution < -0.4 is 14.8 Å². The first kappa shape index (κ1) is 25.8. The van der Waals surface area contributed by atoms with Gasteiger partial charge in [0.25, 0.3) is 0 Å². The minimum atomic E-state index is -0.101. The zero-order valence-electron chi connectivity index (χ0n) is 21.5. The third-order valence-electron chi connectivity index (χ3n) is 6.28. The predicted molar refractivity (Wildman–Crippen MR) is 143 cm³/mol. The van der Waals surface area contributed by atoms with Gasteiger partial charge < -0.3 is 23.9 Å². The molecule has 0 unspecified atom stereocenters. The highest BCUT2D eigenvalue weighted by Gasteiger charge is 2.16. The van der Waals surface area contributed by atoms with Gasteiger partial charge in [0.15, 0.2) is 0 Å². The van der Waals surface area contributed by atoms with E-state index in [0.717, 1.165) is 78.3 Å². The second-order valence-electron chi connectivity index (χ2n) is 8.81. The number of fused-ring (bicyclic) bond motifs is 1. The number of amides is 1. The Kier molecular flexibility index (Phi) is 9.03. The molecule has 1 aromatic heterocycles. The topological polar surface area (TPSA) is 73.2 Å². The number of carbonyl (C=O) groups is 1. The summed E-state index contributed by atoms with van der Waals surface area (Å²) in [5.41, 5.74) is 4.47. The molecule has 192 valence electrons. The second-order valence-corrected chi connectivity index (χ2v) is 8.81. The van der Waals surface area contributed by atoms with E-state index in [1.165, 1.54) is 0 Å². The van der Waals surface area contributed by atoms with E-state index in [9.17, 15) is 4.79 Å². The van der Waals surface area contributed by atoms with Crippen molar-refractivity contribution in [2.24, 2.45) is 0 Å². The first-order valence-corrected chi connectivity index (χ1v) is 12.8. The summed E-state index contributed by atoms with van der Waals surface area (Å²) in [6.07, 6.45) is 4.32. The van der Waals surface area contributed by atoms with Gasteiger partial charge in [-0.15, -0.1) is 0 Å². The average Bonchev–Trinajstić information content (AvgIpc) is 3.30. The van der Waals surface area contributed by atoms with Crippen LogP contribution in [0, 0.1) is 0 Å². The molecule has 0 radical (unpaired) electrons. The van der Waals surface area contributed by atoms with Gasteiger partial charge in [0.05, 0.1) is 32.7 Å². The molecule has 0 aliphatic carbocycles. The van der Waals surface area contributed by atoms with Crippen LogP contribution in [0.3, 0.4) is 0 Å². The van der Waals surface area contributed by atoms with Crippen molar-refractivity contribution in [1.82, 2.24) is 10.2 Å². The molecule has 36 heavy (non-hydrogen) atoms. The Morgan fingerprint density at radius 3 is 2.56 bits per heavy atom. The number of benzene rings is 2. The number of hydrogen-bond donors (Lipinski definition) is 1. The number of rotatable bonds is 11. The standard InChI is InChI=1S/C29H36N2O5/c1-4-34-23-9-7-22(8-10-23)26-20-36-28-19-27(35-5-2)24(18-25(26)28)21(3)17-29(32)30-11-6-12-31-13-15-33-16-14-31/h7-10,17-20H,4-6,11-16H2,1-3H3,(H,30,32)/b21-17+. The summed E-state index contributed by atoms with van der Waals surface area (Å²) in [6.45, 7) is 12.1. The van der Waals surface area contributed by atoms with Crippen molar-refractivity contribution in [2.45, 2.75) is 27.2 Å². The number of morpholine rings is 1. The van der Waals surface area contributed by atoms with Crippen molar-refractivity contribution in [2.75, 3.05) is 52.6 Å². The molecular weight excluding hydrogens is 456 g/mol. The largest absolute Gasteiger partial charge is 0.494 e. The molecule has 1 N–H and O–H groups in total. The maximum absolute atomic E-state index is 12.6. The summed E-state index contributed by atoms with van der Waals surface area (Å²) in [7, 11) is 0. The monoisotopic (exact) mass is 492 g/mol. The van der Waals surface area contributed by atoms with Gasteiger partial charge >= 0.3 is 0 Å². The van der Waals surface area contributed by atoms with Gasteiger partial charge in [-0.3, -0.25) is 9.69 Å². The van der Waals surface area contributed by atoms with Crippen molar-refractivity contribution in [1.29, 1.82) is 0 Å². The minimum absolute atomic E-state index is 0.101. The molecule has 1 amide bonds. The molecule has 1 saturated heterocycles. The number of ether oxygens (including phenoxy) is 3. The molecule has 0 atom stereocenters. The van der Waals surface area contributed by atoms with Crippen molar-refractivity contribution < 1.29 is 23.4 Å². The smallest absolute Gasteiger partial charge is 0.244 e. The first-order valence-electron chi connectivity index (χ1n) is 12.8. The Balaban J connectivity index is 1.50. The SMILES string of the molecule is CCOc1ccc(-c2coc3cc(OCC)c(/C(C)=C/C(=O)NCCCN4CCOCC4)cc23)cc1. The quantitative estimate of drug-likeness (QED) is 0.295. The van der Waals surface area contributed by atoms with Gasteiger partial charge in [-0.1, -0.05) is 12.1 Å². The highest BCUT2D eigenvalue weighted by molar-refractivity contribution is 6.00. The van der Waals surface area contributed by atoms with E-state index in [-0.39, 0.29) is 5.91 Å². The molecular formula is C29H36N2O5. The molecule has 2 aromatic carbocycles. The number of allylic oxidation sites excluding steroid dienone is 1. The van der Waals surface area contributed by atoms with Gasteiger partial charge in [-0.25, -0.2) is 0 Å². The third kappa shape index (κ3) is 6.47. The lowest BCUT2D eigenvalue weighted by Crippen LogP contribution is -2.38. The fourth-order valence-electron chi connectivity index (χ4n) is 4.42. The predicted octanol–water partition coefficient (Wildman–Crippen LogP) is 5.14. The Bertz CT molecular complexity index is 1180. The highest BCUT2D eigenvalue weighted by atomic mass is 16.5. The molecule has 0 spiro atoms. The zero-order valence-corrected chi connectivity index (χ0v) is 21.5. The van der Waals surface area contributed by atoms with E-state index in [1.807, 2.05) is 57.2 Å². The zero-order chi connectivity index (χ0) is 25.3. The summed E-state index contributed by atoms with van der Waals surface area (Å²) >= 11 is 0. The molecule has 7 nitrogen and oxygen atoms in total. The van der Waals surface area contributed by atoms with E-state index < -0.39 is 0 Å². The molecule has 2 heterocycles. The van der Waals surface area contributed by atoms with Crippen LogP contribution in [-0.4, -0.2) is 63.4 Å². The van der Waals surface area contributed by atoms with Crippen molar-refractivity contribution in [3.05, 3.63) is 54.3 Å². The van der Waals surface area contributed by atoms with E-state index in [4.69, 9.17) is 18.6 Å². The van der Waals surface area contributed by atoms with Crippen LogP contribution in [-0.2, 0) is 9.53 Å². The summed E-state index contributed by atoms with van der Waals surface area (Å²) in [4.78, 5) is 15.0. The molecule has 1 aliphatic rings. The third-order valence-corrected chi connectivity index (χ3v) is 6.28. The lowest BCUT2D eigenvalue weighted by Gasteiger charge is -2.26. The van der Waals surface area contributed by atoms with Gasteiger partial charge in [0, 0.05) is 48.3 Å². The maximum Gasteiger partial charge on any atom is 0.244 e. The summed E-state index contributed by atoms with van der Waals surface area (Å²) < 4.78 is 22.7. The number of nitrogens with zero attached hydrogens (tertiary/aromatic N) is 1. The van der Waals surface area contributed by atoms with Crippen LogP contribution in [0.2, 0.25) is 0 Å². The fraction of sp³-hybridized carbons (Fsp3) is 0.414. The van der Waals surface area contributed by atoms with E-state index in [0.29, 0.717) is 25.5 Å². The molecule has 3 aromatic rings. The Hall–Kier alpha value is -3.29. The van der Waals surface area contributed by atoms with Gasteiger partial charge in [-0.2, -0.15) is 0 Å². The summed E-state index contributed by atoms with van der Waals surface area (Å²) in [6, 6.07) is 11.9. The molecule has 4 rings (SSSR count). The second kappa shape index (κ2) is 12.6. The Labute approximate surface area is 213 Å².